The van der Waals surface area contributed by atoms with Gasteiger partial charge in [-0.2, -0.15) is 0 Å². The second-order valence-corrected chi connectivity index (χ2v) is 5.43. The highest BCUT2D eigenvalue weighted by Crippen LogP contribution is 2.25. The third-order valence-electron chi connectivity index (χ3n) is 3.56. The third kappa shape index (κ3) is 4.56. The predicted molar refractivity (Wildman–Crippen MR) is 96.7 cm³/mol. The summed E-state index contributed by atoms with van der Waals surface area (Å²) in [6.45, 7) is 2.49. The molecule has 2 amide bonds. The van der Waals surface area contributed by atoms with E-state index < -0.39 is 10.8 Å². The van der Waals surface area contributed by atoms with Crippen molar-refractivity contribution in [3.63, 3.8) is 0 Å². The number of rotatable bonds is 7. The zero-order chi connectivity index (χ0) is 19.1. The summed E-state index contributed by atoms with van der Waals surface area (Å²) in [6, 6.07) is 10.3. The first-order chi connectivity index (χ1) is 12.5. The molecule has 26 heavy (non-hydrogen) atoms. The Morgan fingerprint density at radius 2 is 1.92 bits per heavy atom. The first kappa shape index (κ1) is 18.9. The van der Waals surface area contributed by atoms with Crippen LogP contribution in [0.25, 0.3) is 0 Å². The van der Waals surface area contributed by atoms with Gasteiger partial charge in [0.15, 0.2) is 0 Å². The van der Waals surface area contributed by atoms with Crippen LogP contribution in [0.15, 0.2) is 42.5 Å². The van der Waals surface area contributed by atoms with E-state index in [1.54, 1.807) is 18.2 Å². The molecule has 0 aromatic heterocycles. The average molecular weight is 357 g/mol. The Labute approximate surface area is 150 Å². The molecule has 0 aliphatic heterocycles. The fraction of sp³-hybridized carbons (Fsp3) is 0.222. The number of hydrogen-bond donors (Lipinski definition) is 2. The van der Waals surface area contributed by atoms with Crippen molar-refractivity contribution in [1.29, 1.82) is 0 Å². The number of amides is 2. The van der Waals surface area contributed by atoms with Crippen molar-refractivity contribution in [3.05, 3.63) is 63.7 Å². The fourth-order valence-electron chi connectivity index (χ4n) is 2.26. The van der Waals surface area contributed by atoms with Crippen LogP contribution in [0.3, 0.4) is 0 Å². The van der Waals surface area contributed by atoms with Crippen molar-refractivity contribution in [3.8, 4) is 5.75 Å². The van der Waals surface area contributed by atoms with Gasteiger partial charge in [-0.1, -0.05) is 13.0 Å². The van der Waals surface area contributed by atoms with Gasteiger partial charge in [0.05, 0.1) is 12.0 Å². The molecule has 0 saturated heterocycles. The molecule has 8 nitrogen and oxygen atoms in total. The molecule has 8 heteroatoms. The average Bonchev–Trinajstić information content (AvgIpc) is 2.65. The van der Waals surface area contributed by atoms with Crippen LogP contribution in [-0.2, 0) is 0 Å². The highest BCUT2D eigenvalue weighted by atomic mass is 16.6. The lowest BCUT2D eigenvalue weighted by molar-refractivity contribution is -0.385. The van der Waals surface area contributed by atoms with Gasteiger partial charge in [-0.15, -0.1) is 0 Å². The van der Waals surface area contributed by atoms with Gasteiger partial charge in [0.2, 0.25) is 0 Å². The molecule has 0 fully saturated rings. The summed E-state index contributed by atoms with van der Waals surface area (Å²) in [5, 5.41) is 16.5. The largest absolute Gasteiger partial charge is 0.497 e. The Bertz CT molecular complexity index is 835. The Balaban J connectivity index is 2.25. The molecule has 2 aromatic carbocycles. The smallest absolute Gasteiger partial charge is 0.282 e. The van der Waals surface area contributed by atoms with E-state index in [0.717, 1.165) is 6.42 Å². The summed E-state index contributed by atoms with van der Waals surface area (Å²) in [6.07, 6.45) is 0.807. The van der Waals surface area contributed by atoms with E-state index in [1.165, 1.54) is 31.4 Å². The van der Waals surface area contributed by atoms with E-state index in [2.05, 4.69) is 10.6 Å². The van der Waals surface area contributed by atoms with Crippen molar-refractivity contribution < 1.29 is 19.2 Å². The topological polar surface area (TPSA) is 111 Å². The number of carbonyl (C=O) groups is 2. The second kappa shape index (κ2) is 8.61. The van der Waals surface area contributed by atoms with Crippen molar-refractivity contribution in [1.82, 2.24) is 5.32 Å². The van der Waals surface area contributed by atoms with Gasteiger partial charge in [0, 0.05) is 23.9 Å². The maximum Gasteiger partial charge on any atom is 0.282 e. The van der Waals surface area contributed by atoms with Gasteiger partial charge < -0.3 is 15.4 Å². The molecule has 0 unspecified atom stereocenters. The molecule has 0 spiro atoms. The van der Waals surface area contributed by atoms with Crippen LogP contribution < -0.4 is 15.4 Å². The number of methoxy groups -OCH3 is 1. The number of benzene rings is 2. The number of anilines is 1. The number of nitrogens with one attached hydrogen (secondary N) is 2. The number of nitro groups is 1. The lowest BCUT2D eigenvalue weighted by Crippen LogP contribution is -2.24. The molecule has 0 aliphatic carbocycles. The summed E-state index contributed by atoms with van der Waals surface area (Å²) >= 11 is 0. The first-order valence-electron chi connectivity index (χ1n) is 7.98. The molecule has 2 rings (SSSR count). The van der Waals surface area contributed by atoms with E-state index in [0.29, 0.717) is 23.5 Å². The summed E-state index contributed by atoms with van der Waals surface area (Å²) in [5.74, 6) is -0.592. The molecule has 0 saturated carbocycles. The summed E-state index contributed by atoms with van der Waals surface area (Å²) in [7, 11) is 1.40. The second-order valence-electron chi connectivity index (χ2n) is 5.43. The van der Waals surface area contributed by atoms with Crippen LogP contribution in [0.1, 0.15) is 34.1 Å². The molecule has 0 radical (unpaired) electrons. The third-order valence-corrected chi connectivity index (χ3v) is 3.56. The van der Waals surface area contributed by atoms with Crippen LogP contribution in [0.4, 0.5) is 11.4 Å². The molecule has 2 aromatic rings. The molecule has 136 valence electrons. The van der Waals surface area contributed by atoms with Crippen LogP contribution in [0.2, 0.25) is 0 Å². The fourth-order valence-corrected chi connectivity index (χ4v) is 2.26. The number of nitro benzene ring substituents is 1. The van der Waals surface area contributed by atoms with Gasteiger partial charge in [-0.3, -0.25) is 19.7 Å². The monoisotopic (exact) mass is 357 g/mol. The SMILES string of the molecule is CCCNC(=O)c1cccc(NC(=O)c2cc(OC)ccc2[N+](=O)[O-])c1. The van der Waals surface area contributed by atoms with E-state index in [-0.39, 0.29) is 17.2 Å². The highest BCUT2D eigenvalue weighted by Gasteiger charge is 2.21. The van der Waals surface area contributed by atoms with Crippen molar-refractivity contribution >= 4 is 23.2 Å². The Morgan fingerprint density at radius 1 is 1.15 bits per heavy atom. The zero-order valence-electron chi connectivity index (χ0n) is 14.4. The maximum atomic E-state index is 12.5. The van der Waals surface area contributed by atoms with Gasteiger partial charge in [0.1, 0.15) is 11.3 Å². The summed E-state index contributed by atoms with van der Waals surface area (Å²) in [4.78, 5) is 35.0. The Kier molecular flexibility index (Phi) is 6.26. The van der Waals surface area contributed by atoms with Crippen LogP contribution in [0.5, 0.6) is 5.75 Å². The molecule has 0 bridgehead atoms. The lowest BCUT2D eigenvalue weighted by atomic mass is 10.1. The van der Waals surface area contributed by atoms with Crippen molar-refractivity contribution in [2.75, 3.05) is 19.0 Å². The van der Waals surface area contributed by atoms with Gasteiger partial charge in [-0.25, -0.2) is 0 Å². The molecule has 0 aliphatic rings. The van der Waals surface area contributed by atoms with Crippen LogP contribution in [-0.4, -0.2) is 30.4 Å². The molecule has 0 heterocycles. The maximum absolute atomic E-state index is 12.5. The number of nitrogens with zero attached hydrogens (tertiary/aromatic N) is 1. The number of carbonyl (C=O) groups excluding carboxylic acids is 2. The minimum atomic E-state index is -0.665. The molecule has 0 atom stereocenters. The zero-order valence-corrected chi connectivity index (χ0v) is 14.4. The van der Waals surface area contributed by atoms with E-state index >= 15 is 0 Å². The Hall–Kier alpha value is -3.42. The highest BCUT2D eigenvalue weighted by molar-refractivity contribution is 6.08. The minimum absolute atomic E-state index is 0.129. The summed E-state index contributed by atoms with van der Waals surface area (Å²) in [5.41, 5.74) is 0.281. The van der Waals surface area contributed by atoms with Crippen LogP contribution >= 0.6 is 0 Å². The molecular weight excluding hydrogens is 338 g/mol. The predicted octanol–water partition coefficient (Wildman–Crippen LogP) is 3.00. The summed E-state index contributed by atoms with van der Waals surface area (Å²) < 4.78 is 5.02. The molecular formula is C18H19N3O5. The minimum Gasteiger partial charge on any atom is -0.497 e. The Morgan fingerprint density at radius 3 is 2.58 bits per heavy atom. The van der Waals surface area contributed by atoms with E-state index in [1.807, 2.05) is 6.92 Å². The first-order valence-corrected chi connectivity index (χ1v) is 7.98. The normalized spacial score (nSPS) is 10.1. The molecule has 2 N–H and O–H groups in total. The van der Waals surface area contributed by atoms with E-state index in [4.69, 9.17) is 4.74 Å². The number of hydrogen-bond acceptors (Lipinski definition) is 5. The van der Waals surface area contributed by atoms with Gasteiger partial charge in [0.25, 0.3) is 17.5 Å². The quantitative estimate of drug-likeness (QED) is 0.584. The van der Waals surface area contributed by atoms with Crippen LogP contribution in [0, 0.1) is 10.1 Å². The van der Waals surface area contributed by atoms with Crippen molar-refractivity contribution in [2.45, 2.75) is 13.3 Å². The van der Waals surface area contributed by atoms with Gasteiger partial charge >= 0.3 is 0 Å². The van der Waals surface area contributed by atoms with E-state index in [9.17, 15) is 19.7 Å². The lowest BCUT2D eigenvalue weighted by Gasteiger charge is -2.09. The standard InChI is InChI=1S/C18H19N3O5/c1-3-9-19-17(22)12-5-4-6-13(10-12)20-18(23)15-11-14(26-2)7-8-16(15)21(24)25/h4-8,10-11H,3,9H2,1-2H3,(H,19,22)(H,20,23). The number of ether oxygens (including phenoxy) is 1. The van der Waals surface area contributed by atoms with Gasteiger partial charge in [-0.05, 0) is 36.8 Å². The van der Waals surface area contributed by atoms with Crippen molar-refractivity contribution in [2.24, 2.45) is 0 Å².